The molecule has 0 aliphatic rings. The van der Waals surface area contributed by atoms with Gasteiger partial charge in [0.25, 0.3) is 0 Å². The van der Waals surface area contributed by atoms with Gasteiger partial charge in [-0.05, 0) is 0 Å². The van der Waals surface area contributed by atoms with Crippen LogP contribution >= 0.6 is 0 Å². The zero-order chi connectivity index (χ0) is 21.2. The number of carbonyl (C=O) groups is 2. The van der Waals surface area contributed by atoms with E-state index in [0.717, 1.165) is 0 Å². The van der Waals surface area contributed by atoms with Crippen molar-refractivity contribution >= 4 is 49.7 Å². The molecule has 0 aromatic rings. The van der Waals surface area contributed by atoms with Crippen LogP contribution in [0.3, 0.4) is 0 Å². The van der Waals surface area contributed by atoms with Crippen LogP contribution in [0.2, 0.25) is 0 Å². The summed E-state index contributed by atoms with van der Waals surface area (Å²) >= 11 is 0. The second-order valence-corrected chi connectivity index (χ2v) is 5.03. The van der Waals surface area contributed by atoms with E-state index < -0.39 is 74.0 Å². The Hall–Kier alpha value is 0.423. The van der Waals surface area contributed by atoms with Gasteiger partial charge in [-0.3, -0.25) is 0 Å². The fourth-order valence-corrected chi connectivity index (χ4v) is 1.34. The summed E-state index contributed by atoms with van der Waals surface area (Å²) in [6.07, 6.45) is -15.7. The summed E-state index contributed by atoms with van der Waals surface area (Å²) in [6, 6.07) is 0. The first-order valence-electron chi connectivity index (χ1n) is 6.95. The molecule has 0 aliphatic carbocycles. The van der Waals surface area contributed by atoms with E-state index in [0.29, 0.717) is 0 Å². The summed E-state index contributed by atoms with van der Waals surface area (Å²) in [4.78, 5) is 20.2. The third kappa shape index (κ3) is 12.9. The average Bonchev–Trinajstić information content (AvgIpc) is 2.62. The van der Waals surface area contributed by atoms with Crippen LogP contribution in [0.1, 0.15) is 2.85 Å². The molecule has 0 aromatic carbocycles. The summed E-state index contributed by atoms with van der Waals surface area (Å²) in [5.41, 5.74) is 0. The molecule has 0 aromatic heterocycles. The third-order valence-corrected chi connectivity index (χ3v) is 3.02. The summed E-state index contributed by atoms with van der Waals surface area (Å²) in [7, 11) is 0. The molecule has 0 aliphatic heterocycles. The van der Waals surface area contributed by atoms with Crippen molar-refractivity contribution < 1.29 is 93.2 Å². The molecule has 0 bridgehead atoms. The normalized spacial score (nSPS) is 18.9. The quantitative estimate of drug-likeness (QED) is 0.124. The second kappa shape index (κ2) is 18.2. The molecule has 8 unspecified atom stereocenters. The minimum absolute atomic E-state index is 0. The zero-order valence-electron chi connectivity index (χ0n) is 16.6. The van der Waals surface area contributed by atoms with Crippen LogP contribution in [-0.4, -0.2) is 173 Å². The van der Waals surface area contributed by atoms with E-state index in [1.165, 1.54) is 0 Å². The first-order chi connectivity index (χ1) is 11.8. The van der Waals surface area contributed by atoms with Gasteiger partial charge < -0.3 is 64.1 Å². The Morgan fingerprint density at radius 1 is 0.607 bits per heavy atom. The Kier molecular flexibility index (Phi) is 23.3. The maximum atomic E-state index is 10.1. The number of carboxylic acids is 2. The molecule has 0 saturated heterocycles. The molecule has 0 rings (SSSR count). The van der Waals surface area contributed by atoms with Crippen LogP contribution in [0.4, 0.5) is 0 Å². The topological polar surface area (TPSA) is 277 Å². The van der Waals surface area contributed by atoms with Crippen LogP contribution in [-0.2, 0) is 29.1 Å². The van der Waals surface area contributed by atoms with Crippen molar-refractivity contribution in [3.8, 4) is 0 Å². The van der Waals surface area contributed by atoms with Gasteiger partial charge in [0.2, 0.25) is 0 Å². The fourth-order valence-electron chi connectivity index (χ4n) is 1.34. The van der Waals surface area contributed by atoms with Crippen molar-refractivity contribution in [1.29, 1.82) is 0 Å². The van der Waals surface area contributed by atoms with Gasteiger partial charge in [0.05, 0.1) is 13.2 Å². The molecule has 8 atom stereocenters. The standard InChI is InChI=1S/2C6H12O7.Ca.Zn.2H/c2*7-1-2(8)3(9)4(10)5(11)6(12)13;;;;/h2*2-5,7-11H,1H2,(H,12,13);;;;/q;;+2;;2*-1. The van der Waals surface area contributed by atoms with Crippen LogP contribution in [0, 0.1) is 0 Å². The predicted molar refractivity (Wildman–Crippen MR) is 85.5 cm³/mol. The van der Waals surface area contributed by atoms with Gasteiger partial charge in [-0.25, -0.2) is 9.59 Å². The monoisotopic (exact) mass is 498 g/mol. The van der Waals surface area contributed by atoms with E-state index in [9.17, 15) is 9.59 Å². The largest absolute Gasteiger partial charge is 2.00 e. The van der Waals surface area contributed by atoms with Gasteiger partial charge in [-0.2, -0.15) is 0 Å². The van der Waals surface area contributed by atoms with Crippen LogP contribution in [0.25, 0.3) is 0 Å². The molecule has 0 amide bonds. The molecule has 28 heavy (non-hydrogen) atoms. The van der Waals surface area contributed by atoms with E-state index in [-0.39, 0.29) is 60.1 Å². The van der Waals surface area contributed by atoms with Crippen molar-refractivity contribution in [3.05, 3.63) is 0 Å². The minimum Gasteiger partial charge on any atom is -1.00 e. The Balaban J connectivity index is -0.0000000847. The van der Waals surface area contributed by atoms with E-state index in [4.69, 9.17) is 61.3 Å². The summed E-state index contributed by atoms with van der Waals surface area (Å²) in [6.45, 7) is -1.69. The Labute approximate surface area is 204 Å². The number of aliphatic carboxylic acids is 2. The van der Waals surface area contributed by atoms with Crippen LogP contribution in [0.5, 0.6) is 0 Å². The predicted octanol–water partition coefficient (Wildman–Crippen LogP) is -7.14. The van der Waals surface area contributed by atoms with Gasteiger partial charge >= 0.3 is 49.7 Å². The molecule has 14 nitrogen and oxygen atoms in total. The molecule has 0 fully saturated rings. The first-order valence-corrected chi connectivity index (χ1v) is 6.95. The van der Waals surface area contributed by atoms with E-state index >= 15 is 0 Å². The van der Waals surface area contributed by atoms with Gasteiger partial charge in [0.1, 0.15) is 36.6 Å². The molecular weight excluding hydrogens is 474 g/mol. The van der Waals surface area contributed by atoms with Gasteiger partial charge in [0, 0.05) is 19.5 Å². The molecule has 0 heterocycles. The second-order valence-electron chi connectivity index (χ2n) is 5.03. The number of aliphatic hydroxyl groups is 10. The number of aliphatic hydroxyl groups excluding tert-OH is 10. The van der Waals surface area contributed by atoms with E-state index in [2.05, 4.69) is 0 Å². The van der Waals surface area contributed by atoms with Crippen molar-refractivity contribution in [2.24, 2.45) is 0 Å². The molecule has 0 saturated carbocycles. The van der Waals surface area contributed by atoms with Gasteiger partial charge in [-0.1, -0.05) is 0 Å². The average molecular weight is 500 g/mol. The van der Waals surface area contributed by atoms with E-state index in [1.54, 1.807) is 0 Å². The Morgan fingerprint density at radius 2 is 0.821 bits per heavy atom. The maximum Gasteiger partial charge on any atom is 2.00 e. The zero-order valence-corrected chi connectivity index (χ0v) is 19.8. The third-order valence-electron chi connectivity index (χ3n) is 3.02. The number of hydrogen-bond donors (Lipinski definition) is 12. The summed E-state index contributed by atoms with van der Waals surface area (Å²) in [5, 5.41) is 104. The Morgan fingerprint density at radius 3 is 0.964 bits per heavy atom. The number of rotatable bonds is 10. The van der Waals surface area contributed by atoms with Crippen molar-refractivity contribution in [3.63, 3.8) is 0 Å². The molecule has 12 N–H and O–H groups in total. The van der Waals surface area contributed by atoms with Crippen molar-refractivity contribution in [1.82, 2.24) is 0 Å². The fraction of sp³-hybridized carbons (Fsp3) is 0.833. The number of hydrogen-bond acceptors (Lipinski definition) is 12. The van der Waals surface area contributed by atoms with Gasteiger partial charge in [0.15, 0.2) is 12.2 Å². The van der Waals surface area contributed by atoms with Crippen molar-refractivity contribution in [2.75, 3.05) is 13.2 Å². The van der Waals surface area contributed by atoms with Crippen LogP contribution < -0.4 is 0 Å². The van der Waals surface area contributed by atoms with Crippen molar-refractivity contribution in [2.45, 2.75) is 48.8 Å². The SMILES string of the molecule is O=C(O)C(O)C(O)C(O)C(O)CO.O=C(O)C(O)C(O)C(O)C(O)CO.[Ca+2].[H-].[H-].[Zn]. The summed E-state index contributed by atoms with van der Waals surface area (Å²) < 4.78 is 0. The molecule has 0 spiro atoms. The molecule has 16 heteroatoms. The smallest absolute Gasteiger partial charge is 1.00 e. The minimum atomic E-state index is -2.20. The molecule has 0 radical (unpaired) electrons. The summed E-state index contributed by atoms with van der Waals surface area (Å²) in [5.74, 6) is -3.45. The number of carboxylic acid groups (broad SMARTS) is 2. The van der Waals surface area contributed by atoms with E-state index in [1.807, 2.05) is 0 Å². The van der Waals surface area contributed by atoms with Crippen LogP contribution in [0.15, 0.2) is 0 Å². The Bertz CT molecular complexity index is 402. The van der Waals surface area contributed by atoms with Gasteiger partial charge in [-0.15, -0.1) is 0 Å². The molecular formula is C12H26CaO14Zn. The first kappa shape index (κ1) is 35.8. The maximum absolute atomic E-state index is 10.1. The molecule has 162 valence electrons.